The number of ether oxygens (including phenoxy) is 1. The highest BCUT2D eigenvalue weighted by molar-refractivity contribution is 6.38. The number of amides is 1. The van der Waals surface area contributed by atoms with Gasteiger partial charge in [0.15, 0.2) is 5.82 Å². The van der Waals surface area contributed by atoms with Gasteiger partial charge in [-0.1, -0.05) is 18.6 Å². The van der Waals surface area contributed by atoms with Crippen LogP contribution in [0.2, 0.25) is 0 Å². The Morgan fingerprint density at radius 3 is 2.79 bits per heavy atom. The predicted molar refractivity (Wildman–Crippen MR) is 129 cm³/mol. The Morgan fingerprint density at radius 1 is 1.33 bits per heavy atom. The third-order valence-corrected chi connectivity index (χ3v) is 5.52. The van der Waals surface area contributed by atoms with Gasteiger partial charge in [0, 0.05) is 6.07 Å². The summed E-state index contributed by atoms with van der Waals surface area (Å²) < 4.78 is 19.5. The molecule has 1 fully saturated rings. The molecular weight excluding hydrogens is 421 g/mol. The van der Waals surface area contributed by atoms with E-state index in [1.54, 1.807) is 19.9 Å². The van der Waals surface area contributed by atoms with Gasteiger partial charge in [-0.2, -0.15) is 0 Å². The van der Waals surface area contributed by atoms with Crippen LogP contribution in [0.25, 0.3) is 0 Å². The zero-order valence-electron chi connectivity index (χ0n) is 20.1. The van der Waals surface area contributed by atoms with Gasteiger partial charge in [-0.05, 0) is 65.5 Å². The minimum Gasteiger partial charge on any atom is -0.489 e. The molecule has 7 nitrogen and oxygen atoms in total. The Balaban J connectivity index is 1.87. The number of anilines is 2. The van der Waals surface area contributed by atoms with Crippen LogP contribution in [0.4, 0.5) is 21.6 Å². The summed E-state index contributed by atoms with van der Waals surface area (Å²) in [5, 5.41) is 6.26. The molecule has 8 heteroatoms. The van der Waals surface area contributed by atoms with E-state index in [1.807, 2.05) is 20.8 Å². The first-order valence-corrected chi connectivity index (χ1v) is 11.2. The number of hydrogen-bond donors (Lipinski definition) is 2. The van der Waals surface area contributed by atoms with E-state index in [9.17, 15) is 9.18 Å². The smallest absolute Gasteiger partial charge is 0.265 e. The largest absolute Gasteiger partial charge is 0.489 e. The summed E-state index contributed by atoms with van der Waals surface area (Å²) in [6.45, 7) is 11.4. The maximum Gasteiger partial charge on any atom is 0.265 e. The molecule has 0 bridgehead atoms. The lowest BCUT2D eigenvalue weighted by molar-refractivity contribution is -0.115. The second-order valence-corrected chi connectivity index (χ2v) is 8.72. The summed E-state index contributed by atoms with van der Waals surface area (Å²) in [6.07, 6.45) is 5.27. The molecule has 2 N–H and O–H groups in total. The summed E-state index contributed by atoms with van der Waals surface area (Å²) >= 11 is 0. The Hall–Kier alpha value is -3.29. The molecule has 0 aliphatic heterocycles. The SMILES string of the molecule is C/C=C1\CC(C)CC1NC(=O)/C(C)=N/c1c(C)ncnc1Nc1ccc(F)cc1OC(C)C. The number of nitrogens with one attached hydrogen (secondary N) is 2. The molecule has 0 spiro atoms. The number of aliphatic imine (C=N–C) groups is 1. The highest BCUT2D eigenvalue weighted by Crippen LogP contribution is 2.34. The van der Waals surface area contributed by atoms with Crippen molar-refractivity contribution in [3.8, 4) is 5.75 Å². The molecule has 2 aromatic rings. The highest BCUT2D eigenvalue weighted by atomic mass is 19.1. The minimum atomic E-state index is -0.400. The number of aromatic nitrogens is 2. The number of benzene rings is 1. The van der Waals surface area contributed by atoms with Crippen LogP contribution in [0.1, 0.15) is 53.2 Å². The predicted octanol–water partition coefficient (Wildman–Crippen LogP) is 5.41. The quantitative estimate of drug-likeness (QED) is 0.432. The number of allylic oxidation sites excluding steroid dienone is 1. The first-order valence-electron chi connectivity index (χ1n) is 11.2. The van der Waals surface area contributed by atoms with Crippen LogP contribution < -0.4 is 15.4 Å². The Bertz CT molecular complexity index is 1080. The lowest BCUT2D eigenvalue weighted by Gasteiger charge is -2.17. The fourth-order valence-corrected chi connectivity index (χ4v) is 3.90. The first kappa shape index (κ1) is 24.4. The summed E-state index contributed by atoms with van der Waals surface area (Å²) in [6, 6.07) is 4.27. The van der Waals surface area contributed by atoms with Crippen LogP contribution in [0.5, 0.6) is 5.75 Å². The van der Waals surface area contributed by atoms with Gasteiger partial charge in [-0.15, -0.1) is 0 Å². The second kappa shape index (κ2) is 10.6. The molecule has 1 aliphatic carbocycles. The van der Waals surface area contributed by atoms with Gasteiger partial charge in [0.1, 0.15) is 29.3 Å². The highest BCUT2D eigenvalue weighted by Gasteiger charge is 2.27. The van der Waals surface area contributed by atoms with Gasteiger partial charge in [0.05, 0.1) is 23.5 Å². The van der Waals surface area contributed by atoms with Crippen molar-refractivity contribution in [2.75, 3.05) is 5.32 Å². The molecule has 1 amide bonds. The third-order valence-electron chi connectivity index (χ3n) is 5.52. The standard InChI is InChI=1S/C25H32FN5O2/c1-7-18-10-15(4)11-21(18)31-25(32)17(6)29-23-16(5)27-13-28-24(23)30-20-9-8-19(26)12-22(20)33-14(2)3/h7-9,12-15,21H,10-11H2,1-6H3,(H,31,32)(H,27,28,30)/b18-7+,29-17+. The maximum absolute atomic E-state index is 13.8. The van der Waals surface area contributed by atoms with Crippen molar-refractivity contribution in [3.05, 3.63) is 47.7 Å². The van der Waals surface area contributed by atoms with E-state index < -0.39 is 5.82 Å². The fourth-order valence-electron chi connectivity index (χ4n) is 3.90. The third kappa shape index (κ3) is 6.15. The number of nitrogens with zero attached hydrogens (tertiary/aromatic N) is 3. The Morgan fingerprint density at radius 2 is 2.09 bits per heavy atom. The van der Waals surface area contributed by atoms with E-state index >= 15 is 0 Å². The lowest BCUT2D eigenvalue weighted by Crippen LogP contribution is -2.37. The molecular formula is C25H32FN5O2. The maximum atomic E-state index is 13.8. The normalized spacial score (nSPS) is 19.8. The molecule has 1 aliphatic rings. The van der Waals surface area contributed by atoms with Gasteiger partial charge < -0.3 is 15.4 Å². The van der Waals surface area contributed by atoms with Crippen LogP contribution in [0.15, 0.2) is 41.2 Å². The summed E-state index contributed by atoms with van der Waals surface area (Å²) in [7, 11) is 0. The van der Waals surface area contributed by atoms with Crippen molar-refractivity contribution < 1.29 is 13.9 Å². The Labute approximate surface area is 194 Å². The monoisotopic (exact) mass is 453 g/mol. The summed E-state index contributed by atoms with van der Waals surface area (Å²) in [5.74, 6) is 0.673. The van der Waals surface area contributed by atoms with Crippen molar-refractivity contribution >= 4 is 28.8 Å². The van der Waals surface area contributed by atoms with Crippen molar-refractivity contribution in [2.24, 2.45) is 10.9 Å². The van der Waals surface area contributed by atoms with Gasteiger partial charge >= 0.3 is 0 Å². The number of carbonyl (C=O) groups is 1. The van der Waals surface area contributed by atoms with E-state index in [2.05, 4.69) is 38.6 Å². The van der Waals surface area contributed by atoms with Crippen LogP contribution in [0, 0.1) is 18.7 Å². The molecule has 3 rings (SSSR count). The molecule has 0 radical (unpaired) electrons. The van der Waals surface area contributed by atoms with Crippen LogP contribution >= 0.6 is 0 Å². The molecule has 1 saturated carbocycles. The Kier molecular flexibility index (Phi) is 7.79. The average Bonchev–Trinajstić information content (AvgIpc) is 3.10. The van der Waals surface area contributed by atoms with E-state index in [4.69, 9.17) is 4.74 Å². The van der Waals surface area contributed by atoms with Crippen molar-refractivity contribution in [1.82, 2.24) is 15.3 Å². The van der Waals surface area contributed by atoms with Crippen LogP contribution in [0.3, 0.4) is 0 Å². The number of aryl methyl sites for hydroxylation is 1. The summed E-state index contributed by atoms with van der Waals surface area (Å²) in [4.78, 5) is 26.0. The van der Waals surface area contributed by atoms with E-state index in [0.717, 1.165) is 12.8 Å². The van der Waals surface area contributed by atoms with Crippen LogP contribution in [-0.4, -0.2) is 33.7 Å². The van der Waals surface area contributed by atoms with Crippen molar-refractivity contribution in [3.63, 3.8) is 0 Å². The van der Waals surface area contributed by atoms with Gasteiger partial charge in [-0.3, -0.25) is 4.79 Å². The molecule has 2 unspecified atom stereocenters. The molecule has 1 aromatic carbocycles. The lowest BCUT2D eigenvalue weighted by atomic mass is 10.1. The van der Waals surface area contributed by atoms with Crippen LogP contribution in [-0.2, 0) is 4.79 Å². The second-order valence-electron chi connectivity index (χ2n) is 8.72. The molecule has 176 valence electrons. The van der Waals surface area contributed by atoms with E-state index in [0.29, 0.717) is 40.3 Å². The summed E-state index contributed by atoms with van der Waals surface area (Å²) in [5.41, 5.74) is 3.15. The van der Waals surface area contributed by atoms with Gasteiger partial charge in [0.2, 0.25) is 0 Å². The first-order chi connectivity index (χ1) is 15.7. The van der Waals surface area contributed by atoms with E-state index in [1.165, 1.54) is 24.0 Å². The zero-order valence-corrected chi connectivity index (χ0v) is 20.1. The molecule has 2 atom stereocenters. The molecule has 33 heavy (non-hydrogen) atoms. The average molecular weight is 454 g/mol. The zero-order chi connectivity index (χ0) is 24.1. The number of halogens is 1. The number of hydrogen-bond acceptors (Lipinski definition) is 6. The fraction of sp³-hybridized carbons (Fsp3) is 0.440. The molecule has 0 saturated heterocycles. The molecule has 1 aromatic heterocycles. The van der Waals surface area contributed by atoms with Crippen molar-refractivity contribution in [2.45, 2.75) is 66.5 Å². The van der Waals surface area contributed by atoms with Crippen molar-refractivity contribution in [1.29, 1.82) is 0 Å². The minimum absolute atomic E-state index is 0.0309. The van der Waals surface area contributed by atoms with Gasteiger partial charge in [-0.25, -0.2) is 19.4 Å². The number of rotatable bonds is 7. The molecule has 1 heterocycles. The number of carbonyl (C=O) groups excluding carboxylic acids is 1. The van der Waals surface area contributed by atoms with E-state index in [-0.39, 0.29) is 18.1 Å². The topological polar surface area (TPSA) is 88.5 Å². The van der Waals surface area contributed by atoms with Gasteiger partial charge in [0.25, 0.3) is 5.91 Å².